The molecule has 0 spiro atoms. The van der Waals surface area contributed by atoms with Crippen molar-refractivity contribution in [2.45, 2.75) is 57.6 Å². The van der Waals surface area contributed by atoms with Crippen LogP contribution >= 0.6 is 0 Å². The minimum absolute atomic E-state index is 0.107. The quantitative estimate of drug-likeness (QED) is 0.821. The van der Waals surface area contributed by atoms with Crippen molar-refractivity contribution in [3.8, 4) is 0 Å². The normalized spacial score (nSPS) is 29.4. The van der Waals surface area contributed by atoms with Gasteiger partial charge in [-0.05, 0) is 45.4 Å². The molecule has 2 heterocycles. The highest BCUT2D eigenvalue weighted by Gasteiger charge is 2.23. The first-order chi connectivity index (χ1) is 8.27. The monoisotopic (exact) mass is 240 g/mol. The standard InChI is InChI=1S/C13H24N2O2/c1-11-5-2-3-9-15(11)13(16)14-8-7-12-6-4-10-17-12/h11-12H,2-10H2,1H3,(H,14,16)/t11-,12-/m1/s1. The summed E-state index contributed by atoms with van der Waals surface area (Å²) in [7, 11) is 0. The number of hydrogen-bond acceptors (Lipinski definition) is 2. The minimum Gasteiger partial charge on any atom is -0.378 e. The molecule has 2 fully saturated rings. The summed E-state index contributed by atoms with van der Waals surface area (Å²) in [5, 5.41) is 3.02. The zero-order valence-corrected chi connectivity index (χ0v) is 10.8. The van der Waals surface area contributed by atoms with E-state index >= 15 is 0 Å². The smallest absolute Gasteiger partial charge is 0.317 e. The van der Waals surface area contributed by atoms with E-state index < -0.39 is 0 Å². The average Bonchev–Trinajstić information content (AvgIpc) is 2.82. The zero-order chi connectivity index (χ0) is 12.1. The SMILES string of the molecule is C[C@@H]1CCCCN1C(=O)NCC[C@H]1CCCO1. The number of carbonyl (C=O) groups is 1. The molecule has 0 saturated carbocycles. The van der Waals surface area contributed by atoms with Crippen LogP contribution in [0.25, 0.3) is 0 Å². The van der Waals surface area contributed by atoms with Gasteiger partial charge >= 0.3 is 6.03 Å². The first-order valence-corrected chi connectivity index (χ1v) is 6.93. The zero-order valence-electron chi connectivity index (χ0n) is 10.8. The number of ether oxygens (including phenoxy) is 1. The van der Waals surface area contributed by atoms with Gasteiger partial charge in [0.1, 0.15) is 0 Å². The number of urea groups is 1. The summed E-state index contributed by atoms with van der Waals surface area (Å²) in [5.41, 5.74) is 0. The Morgan fingerprint density at radius 3 is 2.94 bits per heavy atom. The molecule has 0 aliphatic carbocycles. The van der Waals surface area contributed by atoms with E-state index in [1.165, 1.54) is 12.8 Å². The lowest BCUT2D eigenvalue weighted by Crippen LogP contribution is -2.47. The Labute approximate surface area is 104 Å². The Morgan fingerprint density at radius 2 is 2.24 bits per heavy atom. The molecule has 4 heteroatoms. The van der Waals surface area contributed by atoms with Gasteiger partial charge < -0.3 is 15.0 Å². The van der Waals surface area contributed by atoms with Crippen molar-refractivity contribution in [2.75, 3.05) is 19.7 Å². The van der Waals surface area contributed by atoms with E-state index in [0.29, 0.717) is 12.1 Å². The average molecular weight is 240 g/mol. The van der Waals surface area contributed by atoms with Gasteiger partial charge in [-0.25, -0.2) is 4.79 Å². The van der Waals surface area contributed by atoms with Gasteiger partial charge in [0.2, 0.25) is 0 Å². The molecule has 2 amide bonds. The summed E-state index contributed by atoms with van der Waals surface area (Å²) in [4.78, 5) is 13.9. The first-order valence-electron chi connectivity index (χ1n) is 6.93. The Balaban J connectivity index is 1.65. The highest BCUT2D eigenvalue weighted by Crippen LogP contribution is 2.17. The number of nitrogens with zero attached hydrogens (tertiary/aromatic N) is 1. The molecule has 98 valence electrons. The molecule has 2 atom stereocenters. The topological polar surface area (TPSA) is 41.6 Å². The van der Waals surface area contributed by atoms with Crippen molar-refractivity contribution in [1.82, 2.24) is 10.2 Å². The lowest BCUT2D eigenvalue weighted by molar-refractivity contribution is 0.103. The number of rotatable bonds is 3. The van der Waals surface area contributed by atoms with Gasteiger partial charge in [0, 0.05) is 25.7 Å². The Kier molecular flexibility index (Phi) is 4.66. The number of hydrogen-bond donors (Lipinski definition) is 1. The van der Waals surface area contributed by atoms with Crippen molar-refractivity contribution >= 4 is 6.03 Å². The largest absolute Gasteiger partial charge is 0.378 e. The van der Waals surface area contributed by atoms with E-state index in [1.54, 1.807) is 0 Å². The molecule has 0 aromatic rings. The van der Waals surface area contributed by atoms with E-state index in [9.17, 15) is 4.79 Å². The van der Waals surface area contributed by atoms with Crippen molar-refractivity contribution < 1.29 is 9.53 Å². The third-order valence-corrected chi connectivity index (χ3v) is 3.83. The predicted octanol–water partition coefficient (Wildman–Crippen LogP) is 2.14. The maximum atomic E-state index is 12.0. The van der Waals surface area contributed by atoms with Crippen LogP contribution in [-0.4, -0.2) is 42.8 Å². The van der Waals surface area contributed by atoms with Crippen molar-refractivity contribution in [2.24, 2.45) is 0 Å². The first kappa shape index (κ1) is 12.7. The number of nitrogens with one attached hydrogen (secondary N) is 1. The summed E-state index contributed by atoms with van der Waals surface area (Å²) >= 11 is 0. The number of piperidine rings is 1. The lowest BCUT2D eigenvalue weighted by Gasteiger charge is -2.33. The van der Waals surface area contributed by atoms with Crippen molar-refractivity contribution in [3.63, 3.8) is 0 Å². The van der Waals surface area contributed by atoms with Gasteiger partial charge in [-0.2, -0.15) is 0 Å². The number of carbonyl (C=O) groups excluding carboxylic acids is 1. The third-order valence-electron chi connectivity index (χ3n) is 3.83. The fourth-order valence-electron chi connectivity index (χ4n) is 2.71. The molecule has 0 radical (unpaired) electrons. The minimum atomic E-state index is 0.107. The van der Waals surface area contributed by atoms with Crippen LogP contribution in [-0.2, 0) is 4.74 Å². The number of likely N-dealkylation sites (tertiary alicyclic amines) is 1. The molecule has 2 rings (SSSR count). The molecule has 1 N–H and O–H groups in total. The van der Waals surface area contributed by atoms with Crippen LogP contribution in [0, 0.1) is 0 Å². The highest BCUT2D eigenvalue weighted by atomic mass is 16.5. The second kappa shape index (κ2) is 6.24. The van der Waals surface area contributed by atoms with Gasteiger partial charge in [-0.1, -0.05) is 0 Å². The number of amides is 2. The van der Waals surface area contributed by atoms with E-state index in [-0.39, 0.29) is 6.03 Å². The van der Waals surface area contributed by atoms with E-state index in [0.717, 1.165) is 45.4 Å². The molecule has 0 aromatic heterocycles. The Bertz CT molecular complexity index is 252. The molecular formula is C13H24N2O2. The second-order valence-corrected chi connectivity index (χ2v) is 5.19. The van der Waals surface area contributed by atoms with Crippen LogP contribution < -0.4 is 5.32 Å². The summed E-state index contributed by atoms with van der Waals surface area (Å²) in [6, 6.07) is 0.502. The fraction of sp³-hybridized carbons (Fsp3) is 0.923. The molecular weight excluding hydrogens is 216 g/mol. The molecule has 2 saturated heterocycles. The van der Waals surface area contributed by atoms with Crippen LogP contribution in [0.5, 0.6) is 0 Å². The molecule has 0 unspecified atom stereocenters. The van der Waals surface area contributed by atoms with Crippen LogP contribution in [0.1, 0.15) is 45.4 Å². The van der Waals surface area contributed by atoms with Gasteiger partial charge in [-0.3, -0.25) is 0 Å². The van der Waals surface area contributed by atoms with Crippen LogP contribution in [0.3, 0.4) is 0 Å². The van der Waals surface area contributed by atoms with Crippen LogP contribution in [0.15, 0.2) is 0 Å². The summed E-state index contributed by atoms with van der Waals surface area (Å²) in [6.07, 6.45) is 7.17. The third kappa shape index (κ3) is 3.60. The van der Waals surface area contributed by atoms with Gasteiger partial charge in [-0.15, -0.1) is 0 Å². The molecule has 2 aliphatic heterocycles. The Hall–Kier alpha value is -0.770. The van der Waals surface area contributed by atoms with Crippen molar-refractivity contribution in [3.05, 3.63) is 0 Å². The second-order valence-electron chi connectivity index (χ2n) is 5.19. The molecule has 2 aliphatic rings. The molecule has 17 heavy (non-hydrogen) atoms. The van der Waals surface area contributed by atoms with Gasteiger partial charge in [0.15, 0.2) is 0 Å². The van der Waals surface area contributed by atoms with E-state index in [1.807, 2.05) is 4.90 Å². The molecule has 0 aromatic carbocycles. The lowest BCUT2D eigenvalue weighted by atomic mass is 10.0. The van der Waals surface area contributed by atoms with Crippen molar-refractivity contribution in [1.29, 1.82) is 0 Å². The highest BCUT2D eigenvalue weighted by molar-refractivity contribution is 5.74. The fourth-order valence-corrected chi connectivity index (χ4v) is 2.71. The Morgan fingerprint density at radius 1 is 1.35 bits per heavy atom. The van der Waals surface area contributed by atoms with E-state index in [4.69, 9.17) is 4.74 Å². The maximum Gasteiger partial charge on any atom is 0.317 e. The van der Waals surface area contributed by atoms with E-state index in [2.05, 4.69) is 12.2 Å². The summed E-state index contributed by atoms with van der Waals surface area (Å²) in [6.45, 7) is 4.68. The summed E-state index contributed by atoms with van der Waals surface area (Å²) in [5.74, 6) is 0. The van der Waals surface area contributed by atoms with Gasteiger partial charge in [0.05, 0.1) is 6.10 Å². The molecule has 0 bridgehead atoms. The summed E-state index contributed by atoms with van der Waals surface area (Å²) < 4.78 is 5.54. The van der Waals surface area contributed by atoms with Crippen LogP contribution in [0.2, 0.25) is 0 Å². The van der Waals surface area contributed by atoms with Crippen LogP contribution in [0.4, 0.5) is 4.79 Å². The molecule has 4 nitrogen and oxygen atoms in total. The predicted molar refractivity (Wildman–Crippen MR) is 67.0 cm³/mol. The van der Waals surface area contributed by atoms with Gasteiger partial charge in [0.25, 0.3) is 0 Å². The maximum absolute atomic E-state index is 12.0.